The highest BCUT2D eigenvalue weighted by atomic mass is 14.9. The summed E-state index contributed by atoms with van der Waals surface area (Å²) in [6.45, 7) is 0.675. The van der Waals surface area contributed by atoms with Crippen LogP contribution in [0, 0.1) is 5.92 Å². The van der Waals surface area contributed by atoms with E-state index in [1.165, 1.54) is 32.1 Å². The molecule has 1 saturated carbocycles. The second-order valence-electron chi connectivity index (χ2n) is 4.35. The molecule has 0 amide bonds. The first-order chi connectivity index (χ1) is 7.42. The van der Waals surface area contributed by atoms with Gasteiger partial charge in [0.25, 0.3) is 0 Å². The van der Waals surface area contributed by atoms with Crippen LogP contribution in [0.5, 0.6) is 0 Å². The molecular weight excluding hydrogens is 186 g/mol. The Morgan fingerprint density at radius 3 is 2.47 bits per heavy atom. The minimum absolute atomic E-state index is 0.367. The van der Waals surface area contributed by atoms with Gasteiger partial charge in [-0.1, -0.05) is 19.3 Å². The van der Waals surface area contributed by atoms with Gasteiger partial charge in [0.2, 0.25) is 0 Å². The Balaban J connectivity index is 2.09. The summed E-state index contributed by atoms with van der Waals surface area (Å²) in [5, 5.41) is 0. The van der Waals surface area contributed by atoms with Crippen molar-refractivity contribution >= 4 is 0 Å². The molecule has 2 N–H and O–H groups in total. The van der Waals surface area contributed by atoms with Gasteiger partial charge < -0.3 is 5.73 Å². The monoisotopic (exact) mass is 205 g/mol. The first kappa shape index (κ1) is 10.6. The lowest BCUT2D eigenvalue weighted by Gasteiger charge is -2.28. The van der Waals surface area contributed by atoms with Crippen LogP contribution in [0.1, 0.15) is 43.8 Å². The number of hydrogen-bond donors (Lipinski definition) is 1. The van der Waals surface area contributed by atoms with Gasteiger partial charge in [-0.3, -0.25) is 0 Å². The van der Waals surface area contributed by atoms with Crippen molar-refractivity contribution in [2.24, 2.45) is 11.7 Å². The Labute approximate surface area is 91.1 Å². The third-order valence-corrected chi connectivity index (χ3v) is 3.39. The van der Waals surface area contributed by atoms with Crippen LogP contribution >= 0.6 is 0 Å². The van der Waals surface area contributed by atoms with Crippen molar-refractivity contribution in [1.82, 2.24) is 9.97 Å². The third kappa shape index (κ3) is 2.53. The summed E-state index contributed by atoms with van der Waals surface area (Å²) in [7, 11) is 0. The fraction of sp³-hybridized carbons (Fsp3) is 0.667. The highest BCUT2D eigenvalue weighted by Gasteiger charge is 2.25. The van der Waals surface area contributed by atoms with Crippen LogP contribution in [0.15, 0.2) is 18.5 Å². The topological polar surface area (TPSA) is 51.8 Å². The molecule has 1 aliphatic rings. The van der Waals surface area contributed by atoms with Crippen molar-refractivity contribution in [3.05, 3.63) is 24.3 Å². The maximum atomic E-state index is 5.86. The van der Waals surface area contributed by atoms with E-state index in [9.17, 15) is 0 Å². The molecule has 3 nitrogen and oxygen atoms in total. The van der Waals surface area contributed by atoms with Crippen LogP contribution in [0.3, 0.4) is 0 Å². The van der Waals surface area contributed by atoms with E-state index in [-0.39, 0.29) is 0 Å². The van der Waals surface area contributed by atoms with Gasteiger partial charge in [-0.2, -0.15) is 0 Å². The van der Waals surface area contributed by atoms with E-state index in [0.29, 0.717) is 18.4 Å². The van der Waals surface area contributed by atoms with E-state index >= 15 is 0 Å². The quantitative estimate of drug-likeness (QED) is 0.822. The summed E-state index contributed by atoms with van der Waals surface area (Å²) < 4.78 is 0. The summed E-state index contributed by atoms with van der Waals surface area (Å²) in [5.74, 6) is 2.00. The summed E-state index contributed by atoms with van der Waals surface area (Å²) in [4.78, 5) is 8.67. The largest absolute Gasteiger partial charge is 0.330 e. The van der Waals surface area contributed by atoms with Gasteiger partial charge in [0.1, 0.15) is 5.82 Å². The van der Waals surface area contributed by atoms with Gasteiger partial charge in [0.05, 0.1) is 0 Å². The van der Waals surface area contributed by atoms with Gasteiger partial charge in [-0.25, -0.2) is 9.97 Å². The molecule has 15 heavy (non-hydrogen) atoms. The van der Waals surface area contributed by atoms with E-state index in [0.717, 1.165) is 5.82 Å². The normalized spacial score (nSPS) is 20.1. The number of aromatic nitrogens is 2. The Bertz CT molecular complexity index is 280. The average Bonchev–Trinajstić information content (AvgIpc) is 2.33. The second-order valence-corrected chi connectivity index (χ2v) is 4.35. The molecule has 3 heteroatoms. The van der Waals surface area contributed by atoms with Crippen molar-refractivity contribution in [3.8, 4) is 0 Å². The molecule has 1 atom stereocenters. The second kappa shape index (κ2) is 5.21. The molecule has 1 aliphatic carbocycles. The predicted octanol–water partition coefficient (Wildman–Crippen LogP) is 2.10. The first-order valence-corrected chi connectivity index (χ1v) is 5.89. The number of nitrogens with two attached hydrogens (primary N) is 1. The summed E-state index contributed by atoms with van der Waals surface area (Å²) >= 11 is 0. The Hall–Kier alpha value is -0.960. The van der Waals surface area contributed by atoms with Gasteiger partial charge in [0, 0.05) is 24.9 Å². The Morgan fingerprint density at radius 1 is 1.20 bits per heavy atom. The zero-order valence-corrected chi connectivity index (χ0v) is 9.10. The summed E-state index contributed by atoms with van der Waals surface area (Å²) in [6, 6.07) is 1.86. The first-order valence-electron chi connectivity index (χ1n) is 5.89. The van der Waals surface area contributed by atoms with E-state index in [1.54, 1.807) is 0 Å². The maximum Gasteiger partial charge on any atom is 0.132 e. The van der Waals surface area contributed by atoms with Crippen LogP contribution < -0.4 is 5.73 Å². The SMILES string of the molecule is NCC(c1ncccn1)C1CCCCC1. The van der Waals surface area contributed by atoms with Gasteiger partial charge in [-0.05, 0) is 24.8 Å². The fourth-order valence-electron chi connectivity index (χ4n) is 2.55. The zero-order valence-electron chi connectivity index (χ0n) is 9.10. The van der Waals surface area contributed by atoms with Gasteiger partial charge in [0.15, 0.2) is 0 Å². The van der Waals surface area contributed by atoms with Crippen molar-refractivity contribution < 1.29 is 0 Å². The molecular formula is C12H19N3. The van der Waals surface area contributed by atoms with Crippen LogP contribution in [0.2, 0.25) is 0 Å². The molecule has 0 aliphatic heterocycles. The number of hydrogen-bond acceptors (Lipinski definition) is 3. The molecule has 1 aromatic rings. The van der Waals surface area contributed by atoms with Crippen molar-refractivity contribution in [2.75, 3.05) is 6.54 Å². The lowest BCUT2D eigenvalue weighted by molar-refractivity contribution is 0.300. The minimum Gasteiger partial charge on any atom is -0.330 e. The van der Waals surface area contributed by atoms with Crippen LogP contribution in [-0.2, 0) is 0 Å². The smallest absolute Gasteiger partial charge is 0.132 e. The van der Waals surface area contributed by atoms with E-state index in [1.807, 2.05) is 18.5 Å². The third-order valence-electron chi connectivity index (χ3n) is 3.39. The lowest BCUT2D eigenvalue weighted by atomic mass is 9.79. The van der Waals surface area contributed by atoms with Crippen molar-refractivity contribution in [1.29, 1.82) is 0 Å². The highest BCUT2D eigenvalue weighted by molar-refractivity contribution is 5.00. The summed E-state index contributed by atoms with van der Waals surface area (Å²) in [6.07, 6.45) is 10.3. The van der Waals surface area contributed by atoms with Crippen molar-refractivity contribution in [2.45, 2.75) is 38.0 Å². The summed E-state index contributed by atoms with van der Waals surface area (Å²) in [5.41, 5.74) is 5.86. The number of nitrogens with zero attached hydrogens (tertiary/aromatic N) is 2. The molecule has 2 rings (SSSR count). The van der Waals surface area contributed by atoms with Crippen LogP contribution in [0.4, 0.5) is 0 Å². The molecule has 1 fully saturated rings. The Morgan fingerprint density at radius 2 is 1.87 bits per heavy atom. The standard InChI is InChI=1S/C12H19N3/c13-9-11(10-5-2-1-3-6-10)12-14-7-4-8-15-12/h4,7-8,10-11H,1-3,5-6,9,13H2. The predicted molar refractivity (Wildman–Crippen MR) is 60.4 cm³/mol. The highest BCUT2D eigenvalue weighted by Crippen LogP contribution is 2.33. The molecule has 0 aromatic carbocycles. The van der Waals surface area contributed by atoms with Crippen LogP contribution in [0.25, 0.3) is 0 Å². The number of rotatable bonds is 3. The molecule has 1 unspecified atom stereocenters. The van der Waals surface area contributed by atoms with E-state index in [2.05, 4.69) is 9.97 Å². The fourth-order valence-corrected chi connectivity index (χ4v) is 2.55. The van der Waals surface area contributed by atoms with Gasteiger partial charge in [-0.15, -0.1) is 0 Å². The van der Waals surface area contributed by atoms with Gasteiger partial charge >= 0.3 is 0 Å². The van der Waals surface area contributed by atoms with Crippen molar-refractivity contribution in [3.63, 3.8) is 0 Å². The average molecular weight is 205 g/mol. The Kier molecular flexibility index (Phi) is 3.67. The lowest BCUT2D eigenvalue weighted by Crippen LogP contribution is -2.25. The molecule has 0 spiro atoms. The van der Waals surface area contributed by atoms with E-state index in [4.69, 9.17) is 5.73 Å². The molecule has 1 heterocycles. The van der Waals surface area contributed by atoms with E-state index < -0.39 is 0 Å². The minimum atomic E-state index is 0.367. The van der Waals surface area contributed by atoms with Crippen LogP contribution in [-0.4, -0.2) is 16.5 Å². The molecule has 0 bridgehead atoms. The maximum absolute atomic E-state index is 5.86. The molecule has 0 saturated heterocycles. The molecule has 82 valence electrons. The zero-order chi connectivity index (χ0) is 10.5. The molecule has 1 aromatic heterocycles. The molecule has 0 radical (unpaired) electrons.